The van der Waals surface area contributed by atoms with Crippen molar-refractivity contribution in [1.29, 1.82) is 0 Å². The van der Waals surface area contributed by atoms with Crippen LogP contribution in [0.15, 0.2) is 54.6 Å². The fraction of sp³-hybridized carbons (Fsp3) is 0.263. The van der Waals surface area contributed by atoms with Crippen molar-refractivity contribution in [3.8, 4) is 11.8 Å². The van der Waals surface area contributed by atoms with Crippen molar-refractivity contribution in [1.82, 2.24) is 0 Å². The summed E-state index contributed by atoms with van der Waals surface area (Å²) in [6.45, 7) is 0.488. The van der Waals surface area contributed by atoms with Crippen LogP contribution in [0.5, 0.6) is 0 Å². The molecule has 0 saturated carbocycles. The second-order valence-corrected chi connectivity index (χ2v) is 5.03. The van der Waals surface area contributed by atoms with Gasteiger partial charge in [-0.3, -0.25) is 0 Å². The van der Waals surface area contributed by atoms with Gasteiger partial charge < -0.3 is 10.8 Å². The molecule has 0 aliphatic rings. The van der Waals surface area contributed by atoms with Crippen LogP contribution in [-0.4, -0.2) is 11.7 Å². The minimum Gasteiger partial charge on any atom is -0.388 e. The molecule has 21 heavy (non-hydrogen) atoms. The zero-order valence-corrected chi connectivity index (χ0v) is 12.1. The lowest BCUT2D eigenvalue weighted by molar-refractivity contribution is 0.170. The topological polar surface area (TPSA) is 46.2 Å². The van der Waals surface area contributed by atoms with Crippen LogP contribution < -0.4 is 5.73 Å². The molecular weight excluding hydrogens is 258 g/mol. The van der Waals surface area contributed by atoms with Gasteiger partial charge in [0.2, 0.25) is 0 Å². The molecule has 0 bridgehead atoms. The highest BCUT2D eigenvalue weighted by Gasteiger charge is 2.06. The van der Waals surface area contributed by atoms with Gasteiger partial charge in [-0.1, -0.05) is 66.4 Å². The molecular formula is C19H21NO. The molecule has 3 N–H and O–H groups in total. The standard InChI is InChI=1S/C19H21NO/c20-14-13-19(21)18-12-6-11-17(15-18)10-5-4-9-16-7-2-1-3-8-16/h1-3,6-8,11-12,15,19,21H,9-10,13-14,20H2. The van der Waals surface area contributed by atoms with Crippen LogP contribution >= 0.6 is 0 Å². The average molecular weight is 279 g/mol. The van der Waals surface area contributed by atoms with Gasteiger partial charge in [0.25, 0.3) is 0 Å². The van der Waals surface area contributed by atoms with Gasteiger partial charge in [0.05, 0.1) is 6.10 Å². The van der Waals surface area contributed by atoms with E-state index in [-0.39, 0.29) is 0 Å². The van der Waals surface area contributed by atoms with Gasteiger partial charge in [0, 0.05) is 12.8 Å². The van der Waals surface area contributed by atoms with E-state index >= 15 is 0 Å². The quantitative estimate of drug-likeness (QED) is 0.827. The van der Waals surface area contributed by atoms with Crippen molar-refractivity contribution < 1.29 is 5.11 Å². The summed E-state index contributed by atoms with van der Waals surface area (Å²) in [5.41, 5.74) is 8.76. The van der Waals surface area contributed by atoms with Gasteiger partial charge >= 0.3 is 0 Å². The fourth-order valence-electron chi connectivity index (χ4n) is 2.16. The number of aliphatic hydroxyl groups excluding tert-OH is 1. The van der Waals surface area contributed by atoms with E-state index in [2.05, 4.69) is 24.0 Å². The highest BCUT2D eigenvalue weighted by Crippen LogP contribution is 2.17. The SMILES string of the molecule is NCCC(O)c1cccc(CC#CCc2ccccc2)c1. The molecule has 0 aromatic heterocycles. The van der Waals surface area contributed by atoms with E-state index in [1.165, 1.54) is 5.56 Å². The van der Waals surface area contributed by atoms with E-state index in [1.54, 1.807) is 0 Å². The van der Waals surface area contributed by atoms with E-state index in [9.17, 15) is 5.11 Å². The van der Waals surface area contributed by atoms with Crippen molar-refractivity contribution in [2.24, 2.45) is 5.73 Å². The van der Waals surface area contributed by atoms with Gasteiger partial charge in [0.1, 0.15) is 0 Å². The van der Waals surface area contributed by atoms with Crippen LogP contribution in [0, 0.1) is 11.8 Å². The van der Waals surface area contributed by atoms with E-state index in [0.29, 0.717) is 19.4 Å². The number of nitrogens with two attached hydrogens (primary N) is 1. The fourth-order valence-corrected chi connectivity index (χ4v) is 2.16. The molecule has 0 radical (unpaired) electrons. The lowest BCUT2D eigenvalue weighted by Crippen LogP contribution is -2.06. The Morgan fingerprint density at radius 1 is 0.905 bits per heavy atom. The lowest BCUT2D eigenvalue weighted by Gasteiger charge is -2.10. The first-order chi connectivity index (χ1) is 10.3. The van der Waals surface area contributed by atoms with Crippen molar-refractivity contribution in [3.05, 3.63) is 71.3 Å². The molecule has 2 heteroatoms. The van der Waals surface area contributed by atoms with E-state index in [4.69, 9.17) is 5.73 Å². The van der Waals surface area contributed by atoms with Gasteiger partial charge in [-0.2, -0.15) is 0 Å². The second-order valence-electron chi connectivity index (χ2n) is 5.03. The number of aliphatic hydroxyl groups is 1. The van der Waals surface area contributed by atoms with Gasteiger partial charge in [-0.25, -0.2) is 0 Å². The minimum atomic E-state index is -0.479. The molecule has 2 aromatic carbocycles. The smallest absolute Gasteiger partial charge is 0.0802 e. The molecule has 0 aliphatic carbocycles. The Balaban J connectivity index is 1.93. The molecule has 0 aliphatic heterocycles. The minimum absolute atomic E-state index is 0.479. The van der Waals surface area contributed by atoms with Gasteiger partial charge in [-0.15, -0.1) is 0 Å². The zero-order valence-electron chi connectivity index (χ0n) is 12.1. The summed E-state index contributed by atoms with van der Waals surface area (Å²) in [7, 11) is 0. The third-order valence-corrected chi connectivity index (χ3v) is 3.33. The second kappa shape index (κ2) is 8.26. The van der Waals surface area contributed by atoms with Crippen molar-refractivity contribution in [2.45, 2.75) is 25.4 Å². The lowest BCUT2D eigenvalue weighted by atomic mass is 10.0. The van der Waals surface area contributed by atoms with E-state index < -0.39 is 6.10 Å². The molecule has 0 saturated heterocycles. The van der Waals surface area contributed by atoms with Crippen LogP contribution in [0.4, 0.5) is 0 Å². The predicted molar refractivity (Wildman–Crippen MR) is 86.7 cm³/mol. The number of hydrogen-bond acceptors (Lipinski definition) is 2. The Hall–Kier alpha value is -2.08. The summed E-state index contributed by atoms with van der Waals surface area (Å²) in [4.78, 5) is 0. The Morgan fingerprint density at radius 3 is 2.29 bits per heavy atom. The molecule has 2 rings (SSSR count). The highest BCUT2D eigenvalue weighted by molar-refractivity contribution is 5.29. The predicted octanol–water partition coefficient (Wildman–Crippen LogP) is 2.86. The molecule has 1 unspecified atom stereocenters. The summed E-state index contributed by atoms with van der Waals surface area (Å²) in [5, 5.41) is 9.95. The molecule has 0 heterocycles. The maximum absolute atomic E-state index is 9.95. The highest BCUT2D eigenvalue weighted by atomic mass is 16.3. The summed E-state index contributed by atoms with van der Waals surface area (Å²) in [5.74, 6) is 6.38. The van der Waals surface area contributed by atoms with Crippen LogP contribution in [0.25, 0.3) is 0 Å². The van der Waals surface area contributed by atoms with Gasteiger partial charge in [-0.05, 0) is 29.7 Å². The molecule has 1 atom stereocenters. The molecule has 0 amide bonds. The summed E-state index contributed by atoms with van der Waals surface area (Å²) in [6, 6.07) is 18.2. The Labute approximate surface area is 126 Å². The Bertz CT molecular complexity index is 610. The first kappa shape index (κ1) is 15.3. The Morgan fingerprint density at radius 2 is 1.57 bits per heavy atom. The summed E-state index contributed by atoms with van der Waals surface area (Å²) >= 11 is 0. The summed E-state index contributed by atoms with van der Waals surface area (Å²) < 4.78 is 0. The van der Waals surface area contributed by atoms with E-state index in [0.717, 1.165) is 17.5 Å². The maximum Gasteiger partial charge on any atom is 0.0802 e. The first-order valence-corrected chi connectivity index (χ1v) is 7.26. The third kappa shape index (κ3) is 5.07. The third-order valence-electron chi connectivity index (χ3n) is 3.33. The van der Waals surface area contributed by atoms with Crippen molar-refractivity contribution in [2.75, 3.05) is 6.54 Å². The molecule has 0 spiro atoms. The number of hydrogen-bond donors (Lipinski definition) is 2. The monoisotopic (exact) mass is 279 g/mol. The first-order valence-electron chi connectivity index (χ1n) is 7.26. The summed E-state index contributed by atoms with van der Waals surface area (Å²) in [6.07, 6.45) is 1.59. The molecule has 0 fully saturated rings. The number of rotatable bonds is 5. The van der Waals surface area contributed by atoms with Crippen molar-refractivity contribution >= 4 is 0 Å². The number of benzene rings is 2. The van der Waals surface area contributed by atoms with Crippen LogP contribution in [0.3, 0.4) is 0 Å². The van der Waals surface area contributed by atoms with Crippen LogP contribution in [0.2, 0.25) is 0 Å². The van der Waals surface area contributed by atoms with Gasteiger partial charge in [0.15, 0.2) is 0 Å². The molecule has 2 nitrogen and oxygen atoms in total. The maximum atomic E-state index is 9.95. The normalized spacial score (nSPS) is 11.5. The average Bonchev–Trinajstić information content (AvgIpc) is 2.53. The van der Waals surface area contributed by atoms with E-state index in [1.807, 2.05) is 42.5 Å². The van der Waals surface area contributed by atoms with Crippen molar-refractivity contribution in [3.63, 3.8) is 0 Å². The largest absolute Gasteiger partial charge is 0.388 e. The zero-order chi connectivity index (χ0) is 14.9. The Kier molecular flexibility index (Phi) is 6.02. The molecule has 2 aromatic rings. The van der Waals surface area contributed by atoms with Crippen LogP contribution in [-0.2, 0) is 12.8 Å². The molecule has 108 valence electrons. The van der Waals surface area contributed by atoms with Crippen LogP contribution in [0.1, 0.15) is 29.2 Å².